The van der Waals surface area contributed by atoms with Gasteiger partial charge in [0.15, 0.2) is 23.3 Å². The molecule has 2 rings (SSSR count). The molecule has 0 aliphatic heterocycles. The van der Waals surface area contributed by atoms with Crippen molar-refractivity contribution in [3.63, 3.8) is 0 Å². The lowest BCUT2D eigenvalue weighted by Gasteiger charge is -2.13. The van der Waals surface area contributed by atoms with E-state index in [0.717, 1.165) is 12.3 Å². The molecule has 10 heteroatoms. The zero-order chi connectivity index (χ0) is 22.6. The van der Waals surface area contributed by atoms with Crippen LogP contribution in [0.15, 0.2) is 47.3 Å². The van der Waals surface area contributed by atoms with Gasteiger partial charge >= 0.3 is 5.97 Å². The second-order valence-electron chi connectivity index (χ2n) is 5.81. The highest BCUT2D eigenvalue weighted by molar-refractivity contribution is 6.08. The number of carbonyl (C=O) groups is 2. The van der Waals surface area contributed by atoms with E-state index in [1.165, 1.54) is 32.3 Å². The molecule has 0 fully saturated rings. The number of amides is 1. The number of halogens is 4. The van der Waals surface area contributed by atoms with Crippen LogP contribution in [0.2, 0.25) is 0 Å². The van der Waals surface area contributed by atoms with Crippen molar-refractivity contribution in [3.8, 4) is 0 Å². The SMILES string of the molecule is C=C(C=CC=C(C)c1c(F)c(F)c(NC(=O)c2occc2C(=O)O)c(F)c1F)OC. The van der Waals surface area contributed by atoms with Gasteiger partial charge in [-0.15, -0.1) is 0 Å². The van der Waals surface area contributed by atoms with Crippen molar-refractivity contribution in [1.82, 2.24) is 0 Å². The van der Waals surface area contributed by atoms with E-state index in [2.05, 4.69) is 11.0 Å². The molecular formula is C20H15F4NO5. The summed E-state index contributed by atoms with van der Waals surface area (Å²) in [5, 5.41) is 10.6. The number of rotatable bonds is 7. The van der Waals surface area contributed by atoms with Gasteiger partial charge in [0.05, 0.1) is 18.9 Å². The molecule has 158 valence electrons. The Bertz CT molecular complexity index is 1060. The van der Waals surface area contributed by atoms with E-state index >= 15 is 0 Å². The average Bonchev–Trinajstić information content (AvgIpc) is 3.20. The number of carboxylic acids is 1. The molecule has 0 bridgehead atoms. The van der Waals surface area contributed by atoms with Gasteiger partial charge in [0.2, 0.25) is 5.76 Å². The van der Waals surface area contributed by atoms with E-state index in [-0.39, 0.29) is 11.3 Å². The molecule has 2 N–H and O–H groups in total. The number of allylic oxidation sites excluding steroid dienone is 4. The van der Waals surface area contributed by atoms with E-state index < -0.39 is 57.7 Å². The summed E-state index contributed by atoms with van der Waals surface area (Å²) in [6, 6.07) is 0.925. The number of ether oxygens (including phenoxy) is 1. The smallest absolute Gasteiger partial charge is 0.339 e. The van der Waals surface area contributed by atoms with Gasteiger partial charge in [0.25, 0.3) is 5.91 Å². The Morgan fingerprint density at radius 2 is 1.77 bits per heavy atom. The molecule has 1 amide bonds. The molecule has 1 aromatic carbocycles. The van der Waals surface area contributed by atoms with E-state index in [0.29, 0.717) is 0 Å². The monoisotopic (exact) mass is 425 g/mol. The molecule has 1 heterocycles. The predicted octanol–water partition coefficient (Wildman–Crippen LogP) is 4.91. The number of carboxylic acid groups (broad SMARTS) is 1. The van der Waals surface area contributed by atoms with Gasteiger partial charge in [-0.3, -0.25) is 4.79 Å². The van der Waals surface area contributed by atoms with Crippen LogP contribution in [0.4, 0.5) is 23.2 Å². The Labute approximate surface area is 167 Å². The number of hydrogen-bond acceptors (Lipinski definition) is 4. The molecule has 0 aliphatic carbocycles. The quantitative estimate of drug-likeness (QED) is 0.285. The maximum atomic E-state index is 14.4. The molecule has 0 saturated carbocycles. The summed E-state index contributed by atoms with van der Waals surface area (Å²) in [4.78, 5) is 23.1. The minimum absolute atomic E-state index is 0.167. The van der Waals surface area contributed by atoms with Crippen molar-refractivity contribution in [2.45, 2.75) is 6.92 Å². The average molecular weight is 425 g/mol. The molecule has 1 aromatic heterocycles. The molecule has 0 saturated heterocycles. The molecule has 0 radical (unpaired) electrons. The Kier molecular flexibility index (Phi) is 6.83. The zero-order valence-corrected chi connectivity index (χ0v) is 15.7. The first-order valence-corrected chi connectivity index (χ1v) is 8.16. The summed E-state index contributed by atoms with van der Waals surface area (Å²) in [5.74, 6) is -10.8. The van der Waals surface area contributed by atoms with Gasteiger partial charge in [-0.25, -0.2) is 22.4 Å². The molecule has 0 atom stereocenters. The number of nitrogens with one attached hydrogen (secondary N) is 1. The molecule has 30 heavy (non-hydrogen) atoms. The van der Waals surface area contributed by atoms with Crippen LogP contribution in [0, 0.1) is 23.3 Å². The highest BCUT2D eigenvalue weighted by Crippen LogP contribution is 2.32. The van der Waals surface area contributed by atoms with Crippen molar-refractivity contribution >= 4 is 23.1 Å². The van der Waals surface area contributed by atoms with Crippen LogP contribution in [-0.4, -0.2) is 24.1 Å². The van der Waals surface area contributed by atoms with Crippen molar-refractivity contribution in [1.29, 1.82) is 0 Å². The minimum atomic E-state index is -1.88. The van der Waals surface area contributed by atoms with Gasteiger partial charge in [-0.2, -0.15) is 0 Å². The first-order valence-electron chi connectivity index (χ1n) is 8.16. The van der Waals surface area contributed by atoms with E-state index in [1.807, 2.05) is 0 Å². The van der Waals surface area contributed by atoms with Crippen molar-refractivity contribution in [3.05, 3.63) is 83.1 Å². The van der Waals surface area contributed by atoms with Crippen LogP contribution in [-0.2, 0) is 4.74 Å². The minimum Gasteiger partial charge on any atom is -0.497 e. The highest BCUT2D eigenvalue weighted by Gasteiger charge is 2.29. The lowest BCUT2D eigenvalue weighted by molar-refractivity contribution is 0.0690. The molecule has 2 aromatic rings. The second-order valence-corrected chi connectivity index (χ2v) is 5.81. The van der Waals surface area contributed by atoms with Crippen molar-refractivity contribution < 1.29 is 41.4 Å². The Hall–Kier alpha value is -3.82. The fourth-order valence-corrected chi connectivity index (χ4v) is 2.36. The fraction of sp³-hybridized carbons (Fsp3) is 0.100. The third kappa shape index (κ3) is 4.43. The van der Waals surface area contributed by atoms with Crippen LogP contribution in [0.5, 0.6) is 0 Å². The van der Waals surface area contributed by atoms with Gasteiger partial charge in [-0.05, 0) is 24.6 Å². The molecule has 6 nitrogen and oxygen atoms in total. The van der Waals surface area contributed by atoms with Crippen LogP contribution in [0.1, 0.15) is 33.4 Å². The fourth-order valence-electron chi connectivity index (χ4n) is 2.36. The summed E-state index contributed by atoms with van der Waals surface area (Å²) in [6.07, 6.45) is 4.68. The predicted molar refractivity (Wildman–Crippen MR) is 98.8 cm³/mol. The molecule has 0 spiro atoms. The number of benzene rings is 1. The maximum Gasteiger partial charge on any atom is 0.339 e. The first-order chi connectivity index (χ1) is 14.1. The summed E-state index contributed by atoms with van der Waals surface area (Å²) >= 11 is 0. The van der Waals surface area contributed by atoms with Gasteiger partial charge < -0.3 is 19.6 Å². The van der Waals surface area contributed by atoms with Gasteiger partial charge in [0.1, 0.15) is 17.0 Å². The summed E-state index contributed by atoms with van der Waals surface area (Å²) in [6.45, 7) is 4.70. The summed E-state index contributed by atoms with van der Waals surface area (Å²) in [7, 11) is 1.35. The van der Waals surface area contributed by atoms with Crippen LogP contribution < -0.4 is 5.32 Å². The third-order valence-electron chi connectivity index (χ3n) is 3.89. The maximum absolute atomic E-state index is 14.4. The van der Waals surface area contributed by atoms with Gasteiger partial charge in [-0.1, -0.05) is 18.7 Å². The van der Waals surface area contributed by atoms with E-state index in [4.69, 9.17) is 9.84 Å². The molecular weight excluding hydrogens is 410 g/mol. The summed E-state index contributed by atoms with van der Waals surface area (Å²) in [5.41, 5.74) is -3.18. The molecule has 0 aliphatic rings. The topological polar surface area (TPSA) is 88.8 Å². The first kappa shape index (κ1) is 22.5. The number of anilines is 1. The number of furan rings is 1. The Morgan fingerprint density at radius 3 is 2.30 bits per heavy atom. The largest absolute Gasteiger partial charge is 0.497 e. The standard InChI is InChI=1S/C20H15F4NO5/c1-9(5-4-6-10(2)29-3)12-13(21)15(23)17(16(24)14(12)22)25-19(26)18-11(20(27)28)7-8-30-18/h4-8H,2H2,1,3H3,(H,25,26)(H,27,28). The lowest BCUT2D eigenvalue weighted by atomic mass is 10.0. The number of methoxy groups -OCH3 is 1. The third-order valence-corrected chi connectivity index (χ3v) is 3.89. The number of hydrogen-bond donors (Lipinski definition) is 2. The van der Waals surface area contributed by atoms with Crippen molar-refractivity contribution in [2.24, 2.45) is 0 Å². The van der Waals surface area contributed by atoms with Crippen LogP contribution in [0.25, 0.3) is 5.57 Å². The van der Waals surface area contributed by atoms with E-state index in [1.54, 1.807) is 5.32 Å². The number of carbonyl (C=O) groups excluding carboxylic acids is 1. The Morgan fingerprint density at radius 1 is 1.17 bits per heavy atom. The van der Waals surface area contributed by atoms with Crippen LogP contribution >= 0.6 is 0 Å². The zero-order valence-electron chi connectivity index (χ0n) is 15.7. The second kappa shape index (κ2) is 9.12. The molecule has 0 unspecified atom stereocenters. The van der Waals surface area contributed by atoms with E-state index in [9.17, 15) is 27.2 Å². The van der Waals surface area contributed by atoms with Gasteiger partial charge in [0, 0.05) is 0 Å². The lowest BCUT2D eigenvalue weighted by Crippen LogP contribution is -2.18. The van der Waals surface area contributed by atoms with Crippen LogP contribution in [0.3, 0.4) is 0 Å². The Balaban J connectivity index is 2.45. The summed E-state index contributed by atoms with van der Waals surface area (Å²) < 4.78 is 67.2. The highest BCUT2D eigenvalue weighted by atomic mass is 19.2. The number of aromatic carboxylic acids is 1. The van der Waals surface area contributed by atoms with Crippen molar-refractivity contribution in [2.75, 3.05) is 12.4 Å². The normalized spacial score (nSPS) is 11.6.